The van der Waals surface area contributed by atoms with Gasteiger partial charge < -0.3 is 18.9 Å². The van der Waals surface area contributed by atoms with E-state index in [0.717, 1.165) is 12.4 Å². The quantitative estimate of drug-likeness (QED) is 0.0998. The molecule has 8 rings (SSSR count). The number of carbonyl (C=O) groups excluding carboxylic acids is 2. The van der Waals surface area contributed by atoms with Crippen LogP contribution in [0.25, 0.3) is 0 Å². The number of hydrogen-bond acceptors (Lipinski definition) is 14. The Labute approximate surface area is 396 Å². The predicted molar refractivity (Wildman–Crippen MR) is 244 cm³/mol. The number of nitrogens with zero attached hydrogens (tertiary/aromatic N) is 2. The van der Waals surface area contributed by atoms with E-state index in [-0.39, 0.29) is 105 Å². The number of sulfone groups is 2. The monoisotopic (exact) mass is 1020 g/mol. The first-order chi connectivity index (χ1) is 31.6. The summed E-state index contributed by atoms with van der Waals surface area (Å²) < 4.78 is 110. The largest absolute Gasteiger partial charge is 0.467 e. The van der Waals surface area contributed by atoms with Crippen molar-refractivity contribution in [3.63, 3.8) is 0 Å². The van der Waals surface area contributed by atoms with Crippen LogP contribution in [0.4, 0.5) is 19.0 Å². The number of anilines is 2. The number of halogens is 4. The van der Waals surface area contributed by atoms with Gasteiger partial charge >= 0.3 is 0 Å². The molecule has 2 aliphatic heterocycles. The molecule has 2 unspecified atom stereocenters. The van der Waals surface area contributed by atoms with Crippen LogP contribution in [-0.2, 0) is 49.9 Å². The number of aromatic nitrogens is 2. The molecule has 0 saturated carbocycles. The van der Waals surface area contributed by atoms with E-state index in [1.54, 1.807) is 0 Å². The molecule has 0 radical (unpaired) electrons. The van der Waals surface area contributed by atoms with Crippen molar-refractivity contribution >= 4 is 87.6 Å². The van der Waals surface area contributed by atoms with Gasteiger partial charge in [-0.15, -0.1) is 0 Å². The molecule has 2 aromatic heterocycles. The highest BCUT2D eigenvalue weighted by Crippen LogP contribution is 2.50. The van der Waals surface area contributed by atoms with E-state index >= 15 is 9.59 Å². The summed E-state index contributed by atoms with van der Waals surface area (Å²) in [6.45, 7) is 0.926. The van der Waals surface area contributed by atoms with Crippen LogP contribution in [0, 0.1) is 10.3 Å². The highest BCUT2D eigenvalue weighted by Gasteiger charge is 2.69. The third kappa shape index (κ3) is 9.55. The first kappa shape index (κ1) is 47.4. The van der Waals surface area contributed by atoms with Crippen molar-refractivity contribution in [1.29, 1.82) is 0 Å². The SMILES string of the molecule is O=C(Nc1ncc(F)s1)C(Oc1ccc(Cl)cc1)(c1ccc(S(=O)(=O)C2CCOCC2)cc1)C(Oc1ccc(Cl)cc1)(C(=O)Nc1ncc(F)s1)c1ccc(S(=O)(=O)C2CCOCC2)cc1. The Hall–Kier alpha value is -5.06. The topological polar surface area (TPSA) is 189 Å². The third-order valence-corrected chi connectivity index (χ3v) is 17.6. The van der Waals surface area contributed by atoms with E-state index in [1.165, 1.54) is 97.1 Å². The molecule has 0 spiro atoms. The predicted octanol–water partition coefficient (Wildman–Crippen LogP) is 8.62. The molecular weight excluding hydrogens is 982 g/mol. The first-order valence-electron chi connectivity index (χ1n) is 20.2. The van der Waals surface area contributed by atoms with E-state index in [9.17, 15) is 25.6 Å². The summed E-state index contributed by atoms with van der Waals surface area (Å²) in [5, 5.41) is 1.95. The number of nitrogens with one attached hydrogen (secondary N) is 2. The summed E-state index contributed by atoms with van der Waals surface area (Å²) in [7, 11) is -7.99. The Kier molecular flexibility index (Phi) is 14.1. The van der Waals surface area contributed by atoms with E-state index in [4.69, 9.17) is 42.1 Å². The maximum atomic E-state index is 15.9. The second-order valence-corrected chi connectivity index (χ2v) is 22.4. The van der Waals surface area contributed by atoms with Gasteiger partial charge in [-0.2, -0.15) is 8.78 Å². The van der Waals surface area contributed by atoms with Crippen LogP contribution in [-0.4, -0.2) is 75.5 Å². The molecule has 2 atom stereocenters. The second kappa shape index (κ2) is 19.7. The highest BCUT2D eigenvalue weighted by molar-refractivity contribution is 7.92. The lowest BCUT2D eigenvalue weighted by Gasteiger charge is -2.47. The average molecular weight is 1020 g/mol. The molecule has 4 heterocycles. The summed E-state index contributed by atoms with van der Waals surface area (Å²) in [4.78, 5) is 39.5. The van der Waals surface area contributed by atoms with Gasteiger partial charge in [0.1, 0.15) is 11.5 Å². The lowest BCUT2D eigenvalue weighted by atomic mass is 9.71. The van der Waals surface area contributed by atoms with E-state index in [2.05, 4.69) is 20.6 Å². The zero-order valence-electron chi connectivity index (χ0n) is 34.3. The van der Waals surface area contributed by atoms with Crippen molar-refractivity contribution in [3.05, 3.63) is 141 Å². The summed E-state index contributed by atoms with van der Waals surface area (Å²) in [6, 6.07) is 21.4. The van der Waals surface area contributed by atoms with Gasteiger partial charge in [0.05, 0.1) is 32.7 Å². The van der Waals surface area contributed by atoms with E-state index in [0.29, 0.717) is 22.7 Å². The van der Waals surface area contributed by atoms with Gasteiger partial charge in [0.15, 0.2) is 40.2 Å². The maximum Gasteiger partial charge on any atom is 0.280 e. The molecule has 2 fully saturated rings. The fourth-order valence-corrected chi connectivity index (χ4v) is 12.6. The highest BCUT2D eigenvalue weighted by atomic mass is 35.5. The fourth-order valence-electron chi connectivity index (χ4n) is 7.81. The second-order valence-electron chi connectivity index (χ2n) is 15.1. The van der Waals surface area contributed by atoms with Gasteiger partial charge in [-0.05, 0) is 98.5 Å². The molecule has 14 nitrogen and oxygen atoms in total. The van der Waals surface area contributed by atoms with Gasteiger partial charge in [0, 0.05) is 47.6 Å². The van der Waals surface area contributed by atoms with Gasteiger partial charge in [0.2, 0.25) is 0 Å². The van der Waals surface area contributed by atoms with Crippen molar-refractivity contribution in [2.45, 2.75) is 57.2 Å². The Morgan fingerprint density at radius 3 is 1.21 bits per heavy atom. The molecule has 346 valence electrons. The zero-order valence-corrected chi connectivity index (χ0v) is 39.1. The Morgan fingerprint density at radius 1 is 0.576 bits per heavy atom. The third-order valence-electron chi connectivity index (χ3n) is 11.1. The molecule has 2 saturated heterocycles. The number of thiazole rings is 2. The number of amides is 2. The van der Waals surface area contributed by atoms with E-state index < -0.39 is 63.5 Å². The van der Waals surface area contributed by atoms with Crippen LogP contribution in [0.5, 0.6) is 11.5 Å². The zero-order chi connectivity index (χ0) is 46.7. The normalized spacial score (nSPS) is 17.0. The molecule has 0 bridgehead atoms. The summed E-state index contributed by atoms with van der Waals surface area (Å²) in [5.41, 5.74) is -6.31. The lowest BCUT2D eigenvalue weighted by Crippen LogP contribution is -2.67. The summed E-state index contributed by atoms with van der Waals surface area (Å²) >= 11 is 13.5. The Bertz CT molecular complexity index is 2720. The minimum Gasteiger partial charge on any atom is -0.467 e. The lowest BCUT2D eigenvalue weighted by molar-refractivity contribution is -0.172. The molecule has 4 aromatic carbocycles. The van der Waals surface area contributed by atoms with Crippen molar-refractivity contribution in [2.75, 3.05) is 37.1 Å². The number of hydrogen-bond donors (Lipinski definition) is 2. The average Bonchev–Trinajstić information content (AvgIpc) is 3.95. The van der Waals surface area contributed by atoms with E-state index in [1.807, 2.05) is 0 Å². The molecule has 2 amide bonds. The van der Waals surface area contributed by atoms with Crippen molar-refractivity contribution < 1.29 is 54.2 Å². The van der Waals surface area contributed by atoms with Gasteiger partial charge in [-0.25, -0.2) is 26.8 Å². The standard InChI is InChI=1S/C44H38Cl2F2N4O10S4/c45-29-5-9-31(10-6-29)61-43(39(53)51-41-49-25-37(47)63-41,27-1-13-33(14-2-27)65(55,56)35-17-21-59-22-18-35)44(62-32-11-7-30(46)8-12-32,40(54)52-42-50-26-38(48)64-42)28-3-15-34(16-4-28)66(57,58)36-19-23-60-24-20-36/h1-16,25-26,35-36H,17-24H2,(H,49,51,53)(H,50,52,54). The van der Waals surface area contributed by atoms with Gasteiger partial charge in [-0.1, -0.05) is 70.1 Å². The molecule has 2 aliphatic rings. The Morgan fingerprint density at radius 2 is 0.909 bits per heavy atom. The molecule has 22 heteroatoms. The molecule has 6 aromatic rings. The first-order valence-corrected chi connectivity index (χ1v) is 25.7. The van der Waals surface area contributed by atoms with Gasteiger partial charge in [-0.3, -0.25) is 20.2 Å². The number of benzene rings is 4. The molecule has 66 heavy (non-hydrogen) atoms. The molecular formula is C44H38Cl2F2N4O10S4. The maximum absolute atomic E-state index is 15.9. The number of ether oxygens (including phenoxy) is 4. The van der Waals surface area contributed by atoms with Crippen LogP contribution in [0.15, 0.2) is 119 Å². The minimum absolute atomic E-state index is 0.102. The summed E-state index contributed by atoms with van der Waals surface area (Å²) in [6.07, 6.45) is 2.65. The molecule has 0 aliphatic carbocycles. The summed E-state index contributed by atoms with van der Waals surface area (Å²) in [5.74, 6) is -2.65. The van der Waals surface area contributed by atoms with Crippen LogP contribution in [0.2, 0.25) is 10.0 Å². The minimum atomic E-state index is -3.99. The van der Waals surface area contributed by atoms with Crippen molar-refractivity contribution in [2.24, 2.45) is 0 Å². The van der Waals surface area contributed by atoms with Crippen molar-refractivity contribution in [1.82, 2.24) is 9.97 Å². The molecule has 2 N–H and O–H groups in total. The Balaban J connectivity index is 1.45. The number of carbonyl (C=O) groups is 2. The van der Waals surface area contributed by atoms with Crippen LogP contribution < -0.4 is 20.1 Å². The van der Waals surface area contributed by atoms with Crippen LogP contribution >= 0.6 is 45.9 Å². The smallest absolute Gasteiger partial charge is 0.280 e. The number of rotatable bonds is 15. The van der Waals surface area contributed by atoms with Crippen molar-refractivity contribution in [3.8, 4) is 11.5 Å². The van der Waals surface area contributed by atoms with Gasteiger partial charge in [0.25, 0.3) is 23.0 Å². The fraction of sp³-hybridized carbons (Fsp3) is 0.273. The van der Waals surface area contributed by atoms with Crippen LogP contribution in [0.1, 0.15) is 36.8 Å². The van der Waals surface area contributed by atoms with Crippen LogP contribution in [0.3, 0.4) is 0 Å².